The Morgan fingerprint density at radius 1 is 1.00 bits per heavy atom. The maximum Gasteiger partial charge on any atom is 0.354 e. The Hall–Kier alpha value is -3.74. The first-order valence-corrected chi connectivity index (χ1v) is 11.1. The van der Waals surface area contributed by atoms with Crippen LogP contribution in [0.5, 0.6) is 11.5 Å². The van der Waals surface area contributed by atoms with Gasteiger partial charge in [0, 0.05) is 6.54 Å². The van der Waals surface area contributed by atoms with Crippen LogP contribution in [0, 0.1) is 0 Å². The van der Waals surface area contributed by atoms with E-state index in [2.05, 4.69) is 5.43 Å². The molecule has 0 aliphatic heterocycles. The second-order valence-corrected chi connectivity index (χ2v) is 7.81. The van der Waals surface area contributed by atoms with Crippen molar-refractivity contribution in [3.8, 4) is 11.5 Å². The molecule has 33 heavy (non-hydrogen) atoms. The molecule has 2 aromatic carbocycles. The number of rotatable bonds is 8. The fourth-order valence-corrected chi connectivity index (χ4v) is 4.06. The predicted molar refractivity (Wildman–Crippen MR) is 129 cm³/mol. The zero-order valence-electron chi connectivity index (χ0n) is 19.3. The standard InChI is InChI=1S/C26H29N3O4/c1-4-33-26(30)24-16-19-6-5-7-23(28-27-20-10-14-22(32-3)15-11-20)25(19)29(24)17-18-8-12-21(31-2)13-9-18/h8-16,27H,4-7,17H2,1-3H3/b28-23+. The maximum atomic E-state index is 12.8. The molecule has 0 bridgehead atoms. The van der Waals surface area contributed by atoms with Crippen LogP contribution in [0.4, 0.5) is 5.69 Å². The first-order chi connectivity index (χ1) is 16.1. The van der Waals surface area contributed by atoms with E-state index in [9.17, 15) is 4.79 Å². The lowest BCUT2D eigenvalue weighted by atomic mass is 9.96. The maximum absolute atomic E-state index is 12.8. The molecule has 4 rings (SSSR count). The van der Waals surface area contributed by atoms with Gasteiger partial charge in [-0.3, -0.25) is 5.43 Å². The molecule has 1 heterocycles. The van der Waals surface area contributed by atoms with Gasteiger partial charge in [0.25, 0.3) is 0 Å². The number of nitrogens with zero attached hydrogens (tertiary/aromatic N) is 2. The molecule has 1 aliphatic rings. The molecule has 0 fully saturated rings. The Bertz CT molecular complexity index is 1130. The van der Waals surface area contributed by atoms with Crippen LogP contribution in [0.25, 0.3) is 0 Å². The van der Waals surface area contributed by atoms with Crippen molar-refractivity contribution < 1.29 is 19.0 Å². The number of carbonyl (C=O) groups excluding carboxylic acids is 1. The largest absolute Gasteiger partial charge is 0.497 e. The normalized spacial score (nSPS) is 14.0. The number of hydrogen-bond acceptors (Lipinski definition) is 6. The van der Waals surface area contributed by atoms with Crippen LogP contribution < -0.4 is 14.9 Å². The van der Waals surface area contributed by atoms with Gasteiger partial charge >= 0.3 is 5.97 Å². The van der Waals surface area contributed by atoms with Gasteiger partial charge in [-0.1, -0.05) is 12.1 Å². The molecular weight excluding hydrogens is 418 g/mol. The van der Waals surface area contributed by atoms with Crippen molar-refractivity contribution in [3.63, 3.8) is 0 Å². The van der Waals surface area contributed by atoms with Crippen LogP contribution in [0.2, 0.25) is 0 Å². The van der Waals surface area contributed by atoms with Crippen LogP contribution in [0.1, 0.15) is 47.1 Å². The number of hydrazone groups is 1. The van der Waals surface area contributed by atoms with E-state index in [0.29, 0.717) is 18.8 Å². The first kappa shape index (κ1) is 22.5. The number of hydrogen-bond donors (Lipinski definition) is 1. The van der Waals surface area contributed by atoms with Gasteiger partial charge in [-0.15, -0.1) is 0 Å². The molecule has 0 radical (unpaired) electrons. The highest BCUT2D eigenvalue weighted by atomic mass is 16.5. The van der Waals surface area contributed by atoms with Crippen LogP contribution in [0.3, 0.4) is 0 Å². The minimum Gasteiger partial charge on any atom is -0.497 e. The minimum atomic E-state index is -0.317. The van der Waals surface area contributed by atoms with Crippen molar-refractivity contribution in [2.24, 2.45) is 5.10 Å². The summed E-state index contributed by atoms with van der Waals surface area (Å²) < 4.78 is 17.9. The number of methoxy groups -OCH3 is 2. The van der Waals surface area contributed by atoms with Crippen molar-refractivity contribution in [2.75, 3.05) is 26.3 Å². The number of aryl methyl sites for hydroxylation is 1. The van der Waals surface area contributed by atoms with Gasteiger partial charge in [-0.25, -0.2) is 4.79 Å². The molecule has 0 saturated heterocycles. The Kier molecular flexibility index (Phi) is 6.98. The van der Waals surface area contributed by atoms with Crippen molar-refractivity contribution in [2.45, 2.75) is 32.7 Å². The summed E-state index contributed by atoms with van der Waals surface area (Å²) in [5.41, 5.74) is 8.68. The number of nitrogens with one attached hydrogen (secondary N) is 1. The van der Waals surface area contributed by atoms with Crippen molar-refractivity contribution >= 4 is 17.4 Å². The number of fused-ring (bicyclic) bond motifs is 1. The van der Waals surface area contributed by atoms with Crippen molar-refractivity contribution in [1.29, 1.82) is 0 Å². The highest BCUT2D eigenvalue weighted by molar-refractivity contribution is 6.03. The lowest BCUT2D eigenvalue weighted by molar-refractivity contribution is 0.0514. The number of benzene rings is 2. The number of carbonyl (C=O) groups is 1. The van der Waals surface area contributed by atoms with Gasteiger partial charge in [0.15, 0.2) is 0 Å². The minimum absolute atomic E-state index is 0.317. The van der Waals surface area contributed by atoms with E-state index in [1.165, 1.54) is 0 Å². The van der Waals surface area contributed by atoms with E-state index in [-0.39, 0.29) is 5.97 Å². The van der Waals surface area contributed by atoms with E-state index >= 15 is 0 Å². The SMILES string of the molecule is CCOC(=O)c1cc2c(n1Cc1ccc(OC)cc1)/C(=N/Nc1ccc(OC)cc1)CCC2. The fraction of sp³-hybridized carbons (Fsp3) is 0.308. The number of aromatic nitrogens is 1. The average molecular weight is 448 g/mol. The molecule has 0 saturated carbocycles. The smallest absolute Gasteiger partial charge is 0.354 e. The van der Waals surface area contributed by atoms with Crippen molar-refractivity contribution in [1.82, 2.24) is 4.57 Å². The number of ether oxygens (including phenoxy) is 3. The van der Waals surface area contributed by atoms with Gasteiger partial charge in [-0.05, 0) is 79.8 Å². The summed E-state index contributed by atoms with van der Waals surface area (Å²) in [6.45, 7) is 2.69. The fourth-order valence-electron chi connectivity index (χ4n) is 4.06. The highest BCUT2D eigenvalue weighted by Crippen LogP contribution is 2.28. The number of anilines is 1. The second kappa shape index (κ2) is 10.3. The number of esters is 1. The Morgan fingerprint density at radius 2 is 1.67 bits per heavy atom. The third-order valence-corrected chi connectivity index (χ3v) is 5.70. The van der Waals surface area contributed by atoms with Gasteiger partial charge in [0.05, 0.1) is 37.9 Å². The lowest BCUT2D eigenvalue weighted by Gasteiger charge is -2.19. The summed E-state index contributed by atoms with van der Waals surface area (Å²) >= 11 is 0. The third kappa shape index (κ3) is 5.03. The van der Waals surface area contributed by atoms with Gasteiger partial charge in [-0.2, -0.15) is 5.10 Å². The molecule has 1 aliphatic carbocycles. The monoisotopic (exact) mass is 447 g/mol. The summed E-state index contributed by atoms with van der Waals surface area (Å²) in [5, 5.41) is 4.73. The molecule has 7 heteroatoms. The summed E-state index contributed by atoms with van der Waals surface area (Å²) in [6, 6.07) is 17.5. The molecule has 1 aromatic heterocycles. The van der Waals surface area contributed by atoms with E-state index in [1.807, 2.05) is 66.1 Å². The molecule has 7 nitrogen and oxygen atoms in total. The van der Waals surface area contributed by atoms with Crippen LogP contribution >= 0.6 is 0 Å². The third-order valence-electron chi connectivity index (χ3n) is 5.70. The predicted octanol–water partition coefficient (Wildman–Crippen LogP) is 4.88. The Labute approximate surface area is 194 Å². The molecular formula is C26H29N3O4. The Balaban J connectivity index is 1.70. The zero-order chi connectivity index (χ0) is 23.2. The lowest BCUT2D eigenvalue weighted by Crippen LogP contribution is -2.21. The van der Waals surface area contributed by atoms with E-state index in [4.69, 9.17) is 19.3 Å². The molecule has 0 spiro atoms. The Morgan fingerprint density at radius 3 is 2.30 bits per heavy atom. The second-order valence-electron chi connectivity index (χ2n) is 7.81. The molecule has 172 valence electrons. The van der Waals surface area contributed by atoms with Crippen LogP contribution in [0.15, 0.2) is 59.7 Å². The topological polar surface area (TPSA) is 74.1 Å². The molecule has 0 unspecified atom stereocenters. The van der Waals surface area contributed by atoms with E-state index in [1.54, 1.807) is 14.2 Å². The summed E-state index contributed by atoms with van der Waals surface area (Å²) in [7, 11) is 3.29. The average Bonchev–Trinajstić information content (AvgIpc) is 3.22. The van der Waals surface area contributed by atoms with Crippen LogP contribution in [-0.2, 0) is 17.7 Å². The van der Waals surface area contributed by atoms with Gasteiger partial charge in [0.1, 0.15) is 17.2 Å². The summed E-state index contributed by atoms with van der Waals surface area (Å²) in [4.78, 5) is 12.8. The molecule has 3 aromatic rings. The van der Waals surface area contributed by atoms with E-state index < -0.39 is 0 Å². The zero-order valence-corrected chi connectivity index (χ0v) is 19.3. The van der Waals surface area contributed by atoms with Gasteiger partial charge < -0.3 is 18.8 Å². The quantitative estimate of drug-likeness (QED) is 0.393. The van der Waals surface area contributed by atoms with E-state index in [0.717, 1.165) is 59.0 Å². The first-order valence-electron chi connectivity index (χ1n) is 11.1. The molecule has 1 N–H and O–H groups in total. The highest BCUT2D eigenvalue weighted by Gasteiger charge is 2.27. The molecule has 0 amide bonds. The summed E-state index contributed by atoms with van der Waals surface area (Å²) in [5.74, 6) is 1.27. The molecule has 0 atom stereocenters. The van der Waals surface area contributed by atoms with Gasteiger partial charge in [0.2, 0.25) is 0 Å². The van der Waals surface area contributed by atoms with Crippen molar-refractivity contribution in [3.05, 3.63) is 77.1 Å². The van der Waals surface area contributed by atoms with Crippen LogP contribution in [-0.4, -0.2) is 37.1 Å². The summed E-state index contributed by atoms with van der Waals surface area (Å²) in [6.07, 6.45) is 2.70.